The lowest BCUT2D eigenvalue weighted by molar-refractivity contribution is -0.162. The zero-order valence-electron chi connectivity index (χ0n) is 10.9. The van der Waals surface area contributed by atoms with Crippen molar-refractivity contribution in [1.82, 2.24) is 0 Å². The topological polar surface area (TPSA) is 78.6 Å². The highest BCUT2D eigenvalue weighted by atomic mass is 19.1. The molecule has 1 aromatic carbocycles. The molecule has 108 valence electrons. The van der Waals surface area contributed by atoms with E-state index in [2.05, 4.69) is 0 Å². The fourth-order valence-electron chi connectivity index (χ4n) is 2.07. The number of nitrogens with two attached hydrogens (primary N) is 1. The monoisotopic (exact) mass is 281 g/mol. The molecule has 2 N–H and O–H groups in total. The maximum Gasteiger partial charge on any atom is 0.310 e. The summed E-state index contributed by atoms with van der Waals surface area (Å²) in [6.45, 7) is 0.995. The van der Waals surface area contributed by atoms with Gasteiger partial charge in [-0.05, 0) is 25.0 Å². The average molecular weight is 281 g/mol. The van der Waals surface area contributed by atoms with E-state index in [-0.39, 0.29) is 5.92 Å². The lowest BCUT2D eigenvalue weighted by atomic mass is 10.0. The van der Waals surface area contributed by atoms with Crippen molar-refractivity contribution in [3.8, 4) is 0 Å². The first kappa shape index (κ1) is 14.5. The third-order valence-corrected chi connectivity index (χ3v) is 3.22. The molecule has 0 unspecified atom stereocenters. The Morgan fingerprint density at radius 3 is 2.40 bits per heavy atom. The van der Waals surface area contributed by atoms with Gasteiger partial charge >= 0.3 is 5.97 Å². The Kier molecular flexibility index (Phi) is 4.68. The lowest BCUT2D eigenvalue weighted by Gasteiger charge is -2.23. The largest absolute Gasteiger partial charge is 0.447 e. The van der Waals surface area contributed by atoms with Crippen LogP contribution in [0.5, 0.6) is 0 Å². The van der Waals surface area contributed by atoms with E-state index in [0.29, 0.717) is 31.6 Å². The Bertz CT molecular complexity index is 482. The van der Waals surface area contributed by atoms with Crippen molar-refractivity contribution in [2.75, 3.05) is 13.2 Å². The predicted octanol–water partition coefficient (Wildman–Crippen LogP) is 1.32. The number of carbonyl (C=O) groups is 2. The van der Waals surface area contributed by atoms with E-state index in [1.54, 1.807) is 0 Å². The van der Waals surface area contributed by atoms with Crippen LogP contribution in [-0.2, 0) is 19.1 Å². The molecule has 1 aliphatic heterocycles. The molecule has 1 heterocycles. The number of hydrogen-bond acceptors (Lipinski definition) is 4. The molecule has 0 radical (unpaired) electrons. The van der Waals surface area contributed by atoms with Crippen molar-refractivity contribution in [2.45, 2.75) is 18.9 Å². The van der Waals surface area contributed by atoms with Gasteiger partial charge in [0.1, 0.15) is 5.82 Å². The first-order valence-electron chi connectivity index (χ1n) is 6.41. The second-order valence-electron chi connectivity index (χ2n) is 4.66. The standard InChI is InChI=1S/C14H16FNO4/c15-11-3-1-9(2-4-11)12(13(16)17)20-14(18)10-5-7-19-8-6-10/h1-4,10,12H,5-8H2,(H2,16,17)/t12-/m0/s1. The molecule has 1 atom stereocenters. The van der Waals surface area contributed by atoms with Crippen molar-refractivity contribution < 1.29 is 23.5 Å². The molecule has 1 aromatic rings. The molecule has 0 saturated carbocycles. The molecule has 0 bridgehead atoms. The number of amides is 1. The second-order valence-corrected chi connectivity index (χ2v) is 4.66. The normalized spacial score (nSPS) is 17.4. The second kappa shape index (κ2) is 6.47. The number of hydrogen-bond donors (Lipinski definition) is 1. The highest BCUT2D eigenvalue weighted by molar-refractivity contribution is 5.84. The van der Waals surface area contributed by atoms with Gasteiger partial charge in [-0.3, -0.25) is 9.59 Å². The average Bonchev–Trinajstić information content (AvgIpc) is 2.46. The van der Waals surface area contributed by atoms with E-state index in [9.17, 15) is 14.0 Å². The Hall–Kier alpha value is -1.95. The Labute approximate surface area is 115 Å². The Morgan fingerprint density at radius 1 is 1.25 bits per heavy atom. The number of esters is 1. The van der Waals surface area contributed by atoms with Crippen molar-refractivity contribution in [3.05, 3.63) is 35.6 Å². The summed E-state index contributed by atoms with van der Waals surface area (Å²) in [7, 11) is 0. The number of benzene rings is 1. The number of rotatable bonds is 4. The maximum absolute atomic E-state index is 12.9. The summed E-state index contributed by atoms with van der Waals surface area (Å²) in [5, 5.41) is 0. The molecular weight excluding hydrogens is 265 g/mol. The molecule has 1 fully saturated rings. The van der Waals surface area contributed by atoms with Gasteiger partial charge < -0.3 is 15.2 Å². The Balaban J connectivity index is 2.07. The van der Waals surface area contributed by atoms with Crippen LogP contribution in [0.15, 0.2) is 24.3 Å². The van der Waals surface area contributed by atoms with E-state index in [4.69, 9.17) is 15.2 Å². The molecule has 0 spiro atoms. The fraction of sp³-hybridized carbons (Fsp3) is 0.429. The number of ether oxygens (including phenoxy) is 2. The van der Waals surface area contributed by atoms with Gasteiger partial charge in [0, 0.05) is 18.8 Å². The van der Waals surface area contributed by atoms with Crippen LogP contribution in [0.4, 0.5) is 4.39 Å². The minimum Gasteiger partial charge on any atom is -0.447 e. The number of halogens is 1. The van der Waals surface area contributed by atoms with Crippen LogP contribution < -0.4 is 5.73 Å². The van der Waals surface area contributed by atoms with E-state index in [0.717, 1.165) is 0 Å². The van der Waals surface area contributed by atoms with E-state index in [1.165, 1.54) is 24.3 Å². The minimum atomic E-state index is -1.19. The Morgan fingerprint density at radius 2 is 1.85 bits per heavy atom. The molecule has 1 amide bonds. The van der Waals surface area contributed by atoms with Crippen molar-refractivity contribution >= 4 is 11.9 Å². The lowest BCUT2D eigenvalue weighted by Crippen LogP contribution is -2.31. The first-order valence-corrected chi connectivity index (χ1v) is 6.41. The summed E-state index contributed by atoms with van der Waals surface area (Å²) in [5.74, 6) is -1.97. The fourth-order valence-corrected chi connectivity index (χ4v) is 2.07. The third-order valence-electron chi connectivity index (χ3n) is 3.22. The molecule has 6 heteroatoms. The highest BCUT2D eigenvalue weighted by Crippen LogP contribution is 2.23. The van der Waals surface area contributed by atoms with E-state index >= 15 is 0 Å². The maximum atomic E-state index is 12.9. The van der Waals surface area contributed by atoms with Crippen molar-refractivity contribution in [2.24, 2.45) is 11.7 Å². The molecule has 20 heavy (non-hydrogen) atoms. The van der Waals surface area contributed by atoms with Gasteiger partial charge in [-0.2, -0.15) is 0 Å². The van der Waals surface area contributed by atoms with Crippen LogP contribution in [0.1, 0.15) is 24.5 Å². The molecule has 0 aliphatic carbocycles. The van der Waals surface area contributed by atoms with Crippen LogP contribution in [0.25, 0.3) is 0 Å². The van der Waals surface area contributed by atoms with Crippen LogP contribution in [-0.4, -0.2) is 25.1 Å². The number of primary amides is 1. The molecule has 0 aromatic heterocycles. The molecular formula is C14H16FNO4. The summed E-state index contributed by atoms with van der Waals surface area (Å²) < 4.78 is 23.2. The summed E-state index contributed by atoms with van der Waals surface area (Å²) in [5.41, 5.74) is 5.61. The van der Waals surface area contributed by atoms with Gasteiger partial charge in [-0.15, -0.1) is 0 Å². The molecule has 1 saturated heterocycles. The SMILES string of the molecule is NC(=O)[C@@H](OC(=O)C1CCOCC1)c1ccc(F)cc1. The first-order chi connectivity index (χ1) is 9.58. The quantitative estimate of drug-likeness (QED) is 0.844. The zero-order chi connectivity index (χ0) is 14.5. The van der Waals surface area contributed by atoms with Gasteiger partial charge in [0.05, 0.1) is 5.92 Å². The van der Waals surface area contributed by atoms with Crippen LogP contribution in [0.2, 0.25) is 0 Å². The minimum absolute atomic E-state index is 0.286. The van der Waals surface area contributed by atoms with Crippen LogP contribution in [0, 0.1) is 11.7 Å². The smallest absolute Gasteiger partial charge is 0.310 e. The van der Waals surface area contributed by atoms with Crippen molar-refractivity contribution in [1.29, 1.82) is 0 Å². The molecule has 5 nitrogen and oxygen atoms in total. The summed E-state index contributed by atoms with van der Waals surface area (Å²) >= 11 is 0. The van der Waals surface area contributed by atoms with Gasteiger partial charge in [-0.1, -0.05) is 12.1 Å². The van der Waals surface area contributed by atoms with Gasteiger partial charge in [0.25, 0.3) is 5.91 Å². The van der Waals surface area contributed by atoms with E-state index < -0.39 is 23.8 Å². The predicted molar refractivity (Wildman–Crippen MR) is 68.0 cm³/mol. The molecule has 1 aliphatic rings. The summed E-state index contributed by atoms with van der Waals surface area (Å²) in [6, 6.07) is 5.13. The van der Waals surface area contributed by atoms with Gasteiger partial charge in [0.2, 0.25) is 6.10 Å². The highest BCUT2D eigenvalue weighted by Gasteiger charge is 2.28. The van der Waals surface area contributed by atoms with Gasteiger partial charge in [0.15, 0.2) is 0 Å². The van der Waals surface area contributed by atoms with Crippen LogP contribution in [0.3, 0.4) is 0 Å². The molecule has 2 rings (SSSR count). The zero-order valence-corrected chi connectivity index (χ0v) is 10.9. The summed E-state index contributed by atoms with van der Waals surface area (Å²) in [6.07, 6.45) is -0.0625. The van der Waals surface area contributed by atoms with Crippen molar-refractivity contribution in [3.63, 3.8) is 0 Å². The van der Waals surface area contributed by atoms with Crippen LogP contribution >= 0.6 is 0 Å². The van der Waals surface area contributed by atoms with Gasteiger partial charge in [-0.25, -0.2) is 4.39 Å². The third kappa shape index (κ3) is 3.54. The summed E-state index contributed by atoms with van der Waals surface area (Å²) in [4.78, 5) is 23.4. The number of carbonyl (C=O) groups excluding carboxylic acids is 2. The van der Waals surface area contributed by atoms with E-state index in [1.807, 2.05) is 0 Å².